The first kappa shape index (κ1) is 20.1. The number of allylic oxidation sites excluding steroid dienone is 2. The van der Waals surface area contributed by atoms with Crippen LogP contribution in [0, 0.1) is 34.5 Å². The van der Waals surface area contributed by atoms with Gasteiger partial charge >= 0.3 is 174 Å². The number of carbonyl (C=O) groups is 1. The molecule has 0 saturated heterocycles. The zero-order valence-corrected chi connectivity index (χ0v) is 20.4. The fourth-order valence-electron chi connectivity index (χ4n) is 7.55. The molecule has 0 unspecified atom stereocenters. The van der Waals surface area contributed by atoms with Crippen molar-refractivity contribution in [3.8, 4) is 0 Å². The topological polar surface area (TPSA) is 17.1 Å². The maximum atomic E-state index is 13.0. The SMILES string of the molecule is C[C@]12CC[C@H]3[C@@H](CC=C4CCCC[C@@]43C)[C@@H]1CC[C@@H]2C(=O)[CH2][Ge]([Cl])([Cl])[Cl]. The summed E-state index contributed by atoms with van der Waals surface area (Å²) in [6.07, 6.45) is 13.9. The number of halogens is 3. The summed E-state index contributed by atoms with van der Waals surface area (Å²) in [6.45, 7) is 4.93. The number of fused-ring (bicyclic) bond motifs is 5. The Hall–Kier alpha value is 0.823. The summed E-state index contributed by atoms with van der Waals surface area (Å²) in [7, 11) is 15.0. The van der Waals surface area contributed by atoms with Crippen molar-refractivity contribution in [3.63, 3.8) is 0 Å². The fraction of sp³-hybridized carbons (Fsp3) is 0.857. The van der Waals surface area contributed by atoms with Crippen molar-refractivity contribution in [3.05, 3.63) is 11.6 Å². The Balaban J connectivity index is 1.58. The standard InChI is InChI=1S/C21H31Cl3GeO/c1-20-11-4-3-5-14(20)6-7-15-16-8-9-18(19(26)13-25(22,23)24)21(16,2)12-10-17(15)20/h6,15-18H,3-5,7-13H2,1-2H3/t15-,16-,17-,18+,20-,21-/m0/s1. The first-order chi connectivity index (χ1) is 12.2. The van der Waals surface area contributed by atoms with Crippen molar-refractivity contribution in [2.45, 2.75) is 76.9 Å². The van der Waals surface area contributed by atoms with Crippen LogP contribution in [0.15, 0.2) is 11.6 Å². The van der Waals surface area contributed by atoms with E-state index in [1.165, 1.54) is 51.4 Å². The van der Waals surface area contributed by atoms with Crippen molar-refractivity contribution in [1.29, 1.82) is 0 Å². The summed E-state index contributed by atoms with van der Waals surface area (Å²) in [5.74, 6) is 2.63. The normalized spacial score (nSPS) is 45.3. The number of carbonyl (C=O) groups excluding carboxylic acids is 1. The molecule has 0 aromatic heterocycles. The summed E-state index contributed by atoms with van der Waals surface area (Å²) in [5, 5.41) is 0.244. The third kappa shape index (κ3) is 3.25. The van der Waals surface area contributed by atoms with Gasteiger partial charge in [-0.15, -0.1) is 0 Å². The van der Waals surface area contributed by atoms with Gasteiger partial charge < -0.3 is 0 Å². The van der Waals surface area contributed by atoms with Crippen molar-refractivity contribution < 1.29 is 4.79 Å². The molecule has 0 aromatic carbocycles. The second-order valence-corrected chi connectivity index (χ2v) is 26.3. The van der Waals surface area contributed by atoms with Gasteiger partial charge in [-0.1, -0.05) is 0 Å². The van der Waals surface area contributed by atoms with Gasteiger partial charge in [0.15, 0.2) is 0 Å². The molecule has 146 valence electrons. The number of rotatable bonds is 3. The van der Waals surface area contributed by atoms with E-state index in [9.17, 15) is 4.79 Å². The molecule has 0 aromatic rings. The number of hydrogen-bond donors (Lipinski definition) is 0. The molecular weight excluding hydrogens is 447 g/mol. The second kappa shape index (κ2) is 6.96. The van der Waals surface area contributed by atoms with Crippen LogP contribution in [0.5, 0.6) is 0 Å². The van der Waals surface area contributed by atoms with Crippen LogP contribution in [0.2, 0.25) is 5.25 Å². The molecule has 0 bridgehead atoms. The van der Waals surface area contributed by atoms with Gasteiger partial charge in [0.2, 0.25) is 0 Å². The van der Waals surface area contributed by atoms with Gasteiger partial charge in [0.25, 0.3) is 0 Å². The molecule has 0 aliphatic heterocycles. The molecule has 0 amide bonds. The van der Waals surface area contributed by atoms with Crippen molar-refractivity contribution >= 4 is 46.3 Å². The van der Waals surface area contributed by atoms with Crippen molar-refractivity contribution in [2.75, 3.05) is 0 Å². The molecule has 0 radical (unpaired) electrons. The number of hydrogen-bond acceptors (Lipinski definition) is 1. The molecule has 4 aliphatic rings. The molecule has 0 spiro atoms. The molecule has 4 aliphatic carbocycles. The Morgan fingerprint density at radius 3 is 2.62 bits per heavy atom. The Kier molecular flexibility index (Phi) is 5.38. The van der Waals surface area contributed by atoms with Gasteiger partial charge in [-0.3, -0.25) is 0 Å². The van der Waals surface area contributed by atoms with Crippen LogP contribution in [0.25, 0.3) is 0 Å². The molecule has 3 saturated carbocycles. The van der Waals surface area contributed by atoms with Crippen LogP contribution in [0.3, 0.4) is 0 Å². The van der Waals surface area contributed by atoms with E-state index in [1.54, 1.807) is 5.57 Å². The molecule has 0 heterocycles. The van der Waals surface area contributed by atoms with Crippen LogP contribution in [0.1, 0.15) is 71.6 Å². The molecule has 3 fully saturated rings. The first-order valence-electron chi connectivity index (χ1n) is 10.4. The quantitative estimate of drug-likeness (QED) is 0.310. The maximum absolute atomic E-state index is 13.0. The average molecular weight is 478 g/mol. The zero-order valence-electron chi connectivity index (χ0n) is 16.0. The van der Waals surface area contributed by atoms with Crippen LogP contribution in [-0.2, 0) is 4.79 Å². The van der Waals surface area contributed by atoms with Crippen molar-refractivity contribution in [2.24, 2.45) is 34.5 Å². The van der Waals surface area contributed by atoms with Gasteiger partial charge in [0, 0.05) is 0 Å². The van der Waals surface area contributed by atoms with Crippen LogP contribution >= 0.6 is 30.0 Å². The number of ketones is 1. The van der Waals surface area contributed by atoms with Crippen LogP contribution in [-0.4, -0.2) is 16.3 Å². The number of Topliss-reactive ketones (excluding diaryl/α,β-unsaturated/α-hetero) is 1. The van der Waals surface area contributed by atoms with Crippen molar-refractivity contribution in [1.82, 2.24) is 0 Å². The molecule has 1 nitrogen and oxygen atoms in total. The predicted octanol–water partition coefficient (Wildman–Crippen LogP) is 7.18. The summed E-state index contributed by atoms with van der Waals surface area (Å²) in [6, 6.07) is 0. The van der Waals surface area contributed by atoms with Crippen LogP contribution < -0.4 is 0 Å². The van der Waals surface area contributed by atoms with E-state index < -0.39 is 10.5 Å². The average Bonchev–Trinajstić information content (AvgIpc) is 2.90. The van der Waals surface area contributed by atoms with Gasteiger partial charge in [0.1, 0.15) is 0 Å². The van der Waals surface area contributed by atoms with E-state index >= 15 is 0 Å². The van der Waals surface area contributed by atoms with E-state index in [-0.39, 0.29) is 22.4 Å². The predicted molar refractivity (Wildman–Crippen MR) is 113 cm³/mol. The monoisotopic (exact) mass is 478 g/mol. The molecule has 6 atom stereocenters. The van der Waals surface area contributed by atoms with E-state index in [0.29, 0.717) is 11.3 Å². The van der Waals surface area contributed by atoms with E-state index in [1.807, 2.05) is 0 Å². The third-order valence-corrected chi connectivity index (χ3v) is 12.4. The summed E-state index contributed by atoms with van der Waals surface area (Å²) >= 11 is 0. The van der Waals surface area contributed by atoms with Gasteiger partial charge in [-0.05, 0) is 0 Å². The Bertz CT molecular complexity index is 627. The Morgan fingerprint density at radius 1 is 1.12 bits per heavy atom. The molecule has 5 heteroatoms. The molecule has 4 rings (SSSR count). The van der Waals surface area contributed by atoms with Gasteiger partial charge in [-0.25, -0.2) is 0 Å². The van der Waals surface area contributed by atoms with E-state index in [0.717, 1.165) is 18.3 Å². The van der Waals surface area contributed by atoms with E-state index in [2.05, 4.69) is 19.9 Å². The summed E-state index contributed by atoms with van der Waals surface area (Å²) in [4.78, 5) is 13.0. The molecular formula is C21H31Cl3GeO. The van der Waals surface area contributed by atoms with Gasteiger partial charge in [0.05, 0.1) is 0 Å². The van der Waals surface area contributed by atoms with Crippen LogP contribution in [0.4, 0.5) is 0 Å². The molecule has 26 heavy (non-hydrogen) atoms. The summed E-state index contributed by atoms with van der Waals surface area (Å²) in [5.41, 5.74) is 2.31. The summed E-state index contributed by atoms with van der Waals surface area (Å²) < 4.78 is 0. The Labute approximate surface area is 173 Å². The zero-order chi connectivity index (χ0) is 18.7. The van der Waals surface area contributed by atoms with E-state index in [4.69, 9.17) is 30.0 Å². The Morgan fingerprint density at radius 2 is 1.88 bits per heavy atom. The first-order valence-corrected chi connectivity index (χ1v) is 20.2. The second-order valence-electron chi connectivity index (χ2n) is 9.90. The minimum absolute atomic E-state index is 0.124. The fourth-order valence-corrected chi connectivity index (χ4v) is 10.9. The minimum atomic E-state index is -3.39. The third-order valence-electron chi connectivity index (χ3n) is 8.78. The molecule has 0 N–H and O–H groups in total. The van der Waals surface area contributed by atoms with Gasteiger partial charge in [-0.2, -0.15) is 0 Å².